The molecule has 2 aliphatic carbocycles. The van der Waals surface area contributed by atoms with E-state index in [0.717, 1.165) is 18.1 Å². The largest absolute Gasteiger partial charge is 0.304 e. The SMILES string of the molecule is C1CC2CCC(C1)C2.CC=O. The van der Waals surface area contributed by atoms with Crippen molar-refractivity contribution in [1.29, 1.82) is 0 Å². The van der Waals surface area contributed by atoms with E-state index in [-0.39, 0.29) is 0 Å². The van der Waals surface area contributed by atoms with Crippen LogP contribution >= 0.6 is 0 Å². The summed E-state index contributed by atoms with van der Waals surface area (Å²) in [5.41, 5.74) is 0. The van der Waals surface area contributed by atoms with E-state index >= 15 is 0 Å². The minimum absolute atomic E-state index is 0.750. The molecule has 2 rings (SSSR count). The molecule has 0 aromatic rings. The highest BCUT2D eigenvalue weighted by molar-refractivity contribution is 5.44. The van der Waals surface area contributed by atoms with Gasteiger partial charge in [-0.1, -0.05) is 32.1 Å². The Balaban J connectivity index is 0.000000179. The quantitative estimate of drug-likeness (QED) is 0.490. The Hall–Kier alpha value is -0.330. The molecule has 0 aliphatic heterocycles. The Morgan fingerprint density at radius 3 is 1.91 bits per heavy atom. The minimum Gasteiger partial charge on any atom is -0.304 e. The maximum atomic E-state index is 8.81. The van der Waals surface area contributed by atoms with Crippen molar-refractivity contribution < 1.29 is 4.79 Å². The first kappa shape index (κ1) is 8.76. The highest BCUT2D eigenvalue weighted by Crippen LogP contribution is 2.41. The number of aldehydes is 1. The van der Waals surface area contributed by atoms with Gasteiger partial charge in [-0.25, -0.2) is 0 Å². The molecule has 1 heteroatoms. The summed E-state index contributed by atoms with van der Waals surface area (Å²) in [5.74, 6) is 2.32. The molecule has 0 radical (unpaired) electrons. The predicted octanol–water partition coefficient (Wildman–Crippen LogP) is 2.79. The van der Waals surface area contributed by atoms with Crippen LogP contribution in [0.3, 0.4) is 0 Å². The van der Waals surface area contributed by atoms with E-state index in [0.29, 0.717) is 0 Å². The van der Waals surface area contributed by atoms with Gasteiger partial charge >= 0.3 is 0 Å². The van der Waals surface area contributed by atoms with E-state index in [4.69, 9.17) is 4.79 Å². The smallest absolute Gasteiger partial charge is 0.116 e. The van der Waals surface area contributed by atoms with Crippen LogP contribution in [0.1, 0.15) is 45.4 Å². The molecular formula is C10H18O. The second-order valence-electron chi connectivity index (χ2n) is 3.71. The Morgan fingerprint density at radius 1 is 1.09 bits per heavy atom. The number of fused-ring (bicyclic) bond motifs is 2. The monoisotopic (exact) mass is 154 g/mol. The summed E-state index contributed by atoms with van der Waals surface area (Å²) in [4.78, 5) is 8.81. The van der Waals surface area contributed by atoms with Crippen molar-refractivity contribution in [3.8, 4) is 0 Å². The van der Waals surface area contributed by atoms with Crippen LogP contribution in [0.2, 0.25) is 0 Å². The number of carbonyl (C=O) groups excluding carboxylic acids is 1. The second kappa shape index (κ2) is 4.53. The van der Waals surface area contributed by atoms with Crippen LogP contribution in [0.5, 0.6) is 0 Å². The van der Waals surface area contributed by atoms with Gasteiger partial charge in [0, 0.05) is 0 Å². The lowest BCUT2D eigenvalue weighted by Gasteiger charge is -2.16. The summed E-state index contributed by atoms with van der Waals surface area (Å²) < 4.78 is 0. The third kappa shape index (κ3) is 2.64. The highest BCUT2D eigenvalue weighted by atomic mass is 16.1. The molecule has 11 heavy (non-hydrogen) atoms. The van der Waals surface area contributed by atoms with Crippen LogP contribution in [0.15, 0.2) is 0 Å². The van der Waals surface area contributed by atoms with E-state index in [1.54, 1.807) is 32.1 Å². The molecule has 2 bridgehead atoms. The molecule has 64 valence electrons. The molecule has 1 nitrogen and oxygen atoms in total. The molecule has 2 saturated carbocycles. The van der Waals surface area contributed by atoms with Gasteiger partial charge in [0.15, 0.2) is 0 Å². The highest BCUT2D eigenvalue weighted by Gasteiger charge is 2.27. The summed E-state index contributed by atoms with van der Waals surface area (Å²) in [6.07, 6.45) is 10.1. The standard InChI is InChI=1S/C8H14.C2H4O/c1-2-7-4-5-8(3-1)6-7;1-2-3/h7-8H,1-6H2;2H,1H3. The first-order valence-corrected chi connectivity index (χ1v) is 4.76. The second-order valence-corrected chi connectivity index (χ2v) is 3.71. The summed E-state index contributed by atoms with van der Waals surface area (Å²) >= 11 is 0. The molecule has 2 unspecified atom stereocenters. The Bertz CT molecular complexity index is 106. The van der Waals surface area contributed by atoms with Crippen molar-refractivity contribution in [2.24, 2.45) is 11.8 Å². The zero-order valence-electron chi connectivity index (χ0n) is 7.38. The van der Waals surface area contributed by atoms with Crippen molar-refractivity contribution in [1.82, 2.24) is 0 Å². The van der Waals surface area contributed by atoms with Crippen LogP contribution in [0.25, 0.3) is 0 Å². The molecule has 0 aromatic heterocycles. The summed E-state index contributed by atoms with van der Waals surface area (Å²) in [5, 5.41) is 0. The Labute approximate surface area is 69.2 Å². The van der Waals surface area contributed by atoms with E-state index in [2.05, 4.69) is 0 Å². The fourth-order valence-electron chi connectivity index (χ4n) is 2.40. The van der Waals surface area contributed by atoms with Gasteiger partial charge in [-0.2, -0.15) is 0 Å². The molecule has 0 spiro atoms. The number of hydrogen-bond acceptors (Lipinski definition) is 1. The van der Waals surface area contributed by atoms with Gasteiger partial charge in [0.05, 0.1) is 0 Å². The fourth-order valence-corrected chi connectivity index (χ4v) is 2.40. The van der Waals surface area contributed by atoms with Crippen LogP contribution in [-0.4, -0.2) is 6.29 Å². The molecule has 0 amide bonds. The van der Waals surface area contributed by atoms with Crippen LogP contribution in [0.4, 0.5) is 0 Å². The van der Waals surface area contributed by atoms with E-state index in [9.17, 15) is 0 Å². The van der Waals surface area contributed by atoms with Crippen molar-refractivity contribution in [2.45, 2.75) is 45.4 Å². The average Bonchev–Trinajstić information content (AvgIpc) is 2.33. The van der Waals surface area contributed by atoms with Crippen molar-refractivity contribution in [3.05, 3.63) is 0 Å². The van der Waals surface area contributed by atoms with Gasteiger partial charge < -0.3 is 4.79 Å². The molecule has 2 atom stereocenters. The Morgan fingerprint density at radius 2 is 1.55 bits per heavy atom. The van der Waals surface area contributed by atoms with Gasteiger partial charge in [-0.3, -0.25) is 0 Å². The molecule has 2 fully saturated rings. The summed E-state index contributed by atoms with van der Waals surface area (Å²) in [6, 6.07) is 0. The van der Waals surface area contributed by atoms with Gasteiger partial charge in [-0.05, 0) is 25.2 Å². The van der Waals surface area contributed by atoms with Gasteiger partial charge in [0.25, 0.3) is 0 Å². The molecular weight excluding hydrogens is 136 g/mol. The maximum absolute atomic E-state index is 8.81. The molecule has 0 saturated heterocycles. The van der Waals surface area contributed by atoms with E-state index in [1.807, 2.05) is 0 Å². The molecule has 0 N–H and O–H groups in total. The van der Waals surface area contributed by atoms with E-state index < -0.39 is 0 Å². The van der Waals surface area contributed by atoms with Crippen LogP contribution in [-0.2, 0) is 4.79 Å². The molecule has 0 heterocycles. The average molecular weight is 154 g/mol. The first-order valence-electron chi connectivity index (χ1n) is 4.76. The number of hydrogen-bond donors (Lipinski definition) is 0. The predicted molar refractivity (Wildman–Crippen MR) is 46.4 cm³/mol. The minimum atomic E-state index is 0.750. The molecule has 2 aliphatic rings. The van der Waals surface area contributed by atoms with E-state index in [1.165, 1.54) is 13.3 Å². The van der Waals surface area contributed by atoms with Gasteiger partial charge in [-0.15, -0.1) is 0 Å². The molecule has 0 aromatic carbocycles. The summed E-state index contributed by atoms with van der Waals surface area (Å²) in [7, 11) is 0. The lowest BCUT2D eigenvalue weighted by atomic mass is 9.89. The normalized spacial score (nSPS) is 33.9. The van der Waals surface area contributed by atoms with Crippen LogP contribution < -0.4 is 0 Å². The van der Waals surface area contributed by atoms with Crippen LogP contribution in [0, 0.1) is 11.8 Å². The van der Waals surface area contributed by atoms with Crippen molar-refractivity contribution in [3.63, 3.8) is 0 Å². The Kier molecular flexibility index (Phi) is 3.61. The number of carbonyl (C=O) groups is 1. The lowest BCUT2D eigenvalue weighted by Crippen LogP contribution is -2.03. The first-order chi connectivity index (χ1) is 5.36. The third-order valence-corrected chi connectivity index (χ3v) is 2.87. The van der Waals surface area contributed by atoms with Gasteiger partial charge in [0.1, 0.15) is 6.29 Å². The summed E-state index contributed by atoms with van der Waals surface area (Å²) in [6.45, 7) is 1.44. The maximum Gasteiger partial charge on any atom is 0.116 e. The zero-order chi connectivity index (χ0) is 8.10. The van der Waals surface area contributed by atoms with Crippen molar-refractivity contribution in [2.75, 3.05) is 0 Å². The third-order valence-electron chi connectivity index (χ3n) is 2.87. The lowest BCUT2D eigenvalue weighted by molar-refractivity contribution is -0.106. The zero-order valence-corrected chi connectivity index (χ0v) is 7.38. The number of rotatable bonds is 0. The van der Waals surface area contributed by atoms with Crippen molar-refractivity contribution >= 4 is 6.29 Å². The topological polar surface area (TPSA) is 17.1 Å². The fraction of sp³-hybridized carbons (Fsp3) is 0.900. The van der Waals surface area contributed by atoms with Gasteiger partial charge in [0.2, 0.25) is 0 Å².